The van der Waals surface area contributed by atoms with Crippen LogP contribution in [-0.4, -0.2) is 54.9 Å². The lowest BCUT2D eigenvalue weighted by molar-refractivity contribution is 0.0853. The van der Waals surface area contributed by atoms with Crippen molar-refractivity contribution >= 4 is 16.8 Å². The van der Waals surface area contributed by atoms with Gasteiger partial charge in [-0.25, -0.2) is 0 Å². The molecule has 0 saturated carbocycles. The summed E-state index contributed by atoms with van der Waals surface area (Å²) in [5, 5.41) is 0.923. The Morgan fingerprint density at radius 1 is 1.14 bits per heavy atom. The minimum Gasteiger partial charge on any atom is -0.464 e. The van der Waals surface area contributed by atoms with E-state index in [1.807, 2.05) is 24.3 Å². The first-order chi connectivity index (χ1) is 10.3. The highest BCUT2D eigenvalue weighted by atomic mass is 16.3. The molecule has 0 radical (unpaired) electrons. The van der Waals surface area contributed by atoms with Crippen LogP contribution in [0.2, 0.25) is 0 Å². The monoisotopic (exact) mass is 286 g/mol. The van der Waals surface area contributed by atoms with E-state index in [-0.39, 0.29) is 5.78 Å². The van der Waals surface area contributed by atoms with Gasteiger partial charge in [0.2, 0.25) is 0 Å². The fourth-order valence-corrected chi connectivity index (χ4v) is 2.97. The summed E-state index contributed by atoms with van der Waals surface area (Å²) in [5.74, 6) is 0.156. The van der Waals surface area contributed by atoms with Crippen LogP contribution >= 0.6 is 0 Å². The number of piperazine rings is 1. The van der Waals surface area contributed by atoms with Crippen molar-refractivity contribution in [3.63, 3.8) is 0 Å². The maximum atomic E-state index is 12.5. The van der Waals surface area contributed by atoms with Gasteiger partial charge in [-0.05, 0) is 19.0 Å². The predicted octanol–water partition coefficient (Wildman–Crippen LogP) is 2.64. The third kappa shape index (κ3) is 3.17. The first-order valence-electron chi connectivity index (χ1n) is 7.72. The third-order valence-electron chi connectivity index (χ3n) is 4.15. The Morgan fingerprint density at radius 2 is 1.86 bits per heavy atom. The molecule has 21 heavy (non-hydrogen) atoms. The maximum Gasteiger partial charge on any atom is 0.180 e. The van der Waals surface area contributed by atoms with Crippen LogP contribution in [0.25, 0.3) is 11.0 Å². The van der Waals surface area contributed by atoms with Gasteiger partial charge in [0.25, 0.3) is 0 Å². The van der Waals surface area contributed by atoms with Crippen molar-refractivity contribution in [1.29, 1.82) is 0 Å². The van der Waals surface area contributed by atoms with Gasteiger partial charge in [-0.15, -0.1) is 0 Å². The van der Waals surface area contributed by atoms with Crippen molar-refractivity contribution in [2.45, 2.75) is 13.3 Å². The molecule has 0 atom stereocenters. The number of ketones is 1. The van der Waals surface area contributed by atoms with Crippen molar-refractivity contribution in [2.75, 3.05) is 39.3 Å². The summed E-state index contributed by atoms with van der Waals surface area (Å²) in [6, 6.07) is 7.71. The van der Waals surface area contributed by atoms with E-state index < -0.39 is 0 Å². The molecule has 1 saturated heterocycles. The molecule has 0 aliphatic carbocycles. The highest BCUT2D eigenvalue weighted by Gasteiger charge is 2.20. The lowest BCUT2D eigenvalue weighted by Gasteiger charge is -2.34. The largest absolute Gasteiger partial charge is 0.464 e. The lowest BCUT2D eigenvalue weighted by atomic mass is 10.1. The summed E-state index contributed by atoms with van der Waals surface area (Å²) in [7, 11) is 0. The van der Waals surface area contributed by atoms with E-state index in [2.05, 4.69) is 16.7 Å². The number of nitrogens with zero attached hydrogens (tertiary/aromatic N) is 2. The maximum absolute atomic E-state index is 12.5. The molecule has 0 unspecified atom stereocenters. The Hall–Kier alpha value is -1.65. The number of carbonyl (C=O) groups is 1. The summed E-state index contributed by atoms with van der Waals surface area (Å²) in [4.78, 5) is 17.2. The van der Waals surface area contributed by atoms with Gasteiger partial charge in [0.1, 0.15) is 11.8 Å². The van der Waals surface area contributed by atoms with Crippen molar-refractivity contribution in [3.05, 3.63) is 36.1 Å². The van der Waals surface area contributed by atoms with E-state index in [4.69, 9.17) is 4.42 Å². The van der Waals surface area contributed by atoms with Crippen LogP contribution in [0.15, 0.2) is 34.9 Å². The minimum absolute atomic E-state index is 0.156. The highest BCUT2D eigenvalue weighted by Crippen LogP contribution is 2.21. The van der Waals surface area contributed by atoms with Crippen LogP contribution in [0.3, 0.4) is 0 Å². The standard InChI is InChI=1S/C17H22N2O2/c1-2-7-18-8-10-19(11-9-18)12-16(20)15-13-21-17-6-4-3-5-14(15)17/h3-6,13H,2,7-12H2,1H3. The number of hydrogen-bond donors (Lipinski definition) is 0. The number of Topliss-reactive ketones (excluding diaryl/α,β-unsaturated/α-hetero) is 1. The van der Waals surface area contributed by atoms with Gasteiger partial charge in [-0.3, -0.25) is 9.69 Å². The van der Waals surface area contributed by atoms with Gasteiger partial charge in [-0.2, -0.15) is 0 Å². The van der Waals surface area contributed by atoms with Gasteiger partial charge in [0.15, 0.2) is 5.78 Å². The third-order valence-corrected chi connectivity index (χ3v) is 4.15. The summed E-state index contributed by atoms with van der Waals surface area (Å²) in [6.45, 7) is 7.93. The Balaban J connectivity index is 1.62. The molecule has 4 heteroatoms. The number of carbonyl (C=O) groups excluding carboxylic acids is 1. The smallest absolute Gasteiger partial charge is 0.180 e. The molecule has 2 aromatic rings. The Labute approximate surface area is 125 Å². The van der Waals surface area contributed by atoms with Gasteiger partial charge >= 0.3 is 0 Å². The number of para-hydroxylation sites is 1. The number of benzene rings is 1. The van der Waals surface area contributed by atoms with E-state index in [9.17, 15) is 4.79 Å². The Bertz CT molecular complexity index is 612. The Kier molecular flexibility index (Phi) is 4.36. The molecule has 0 amide bonds. The molecular formula is C17H22N2O2. The summed E-state index contributed by atoms with van der Waals surface area (Å²) >= 11 is 0. The average molecular weight is 286 g/mol. The second-order valence-electron chi connectivity index (χ2n) is 5.69. The van der Waals surface area contributed by atoms with Crippen LogP contribution in [0.1, 0.15) is 23.7 Å². The molecule has 1 aromatic heterocycles. The minimum atomic E-state index is 0.156. The predicted molar refractivity (Wildman–Crippen MR) is 83.7 cm³/mol. The van der Waals surface area contributed by atoms with Crippen LogP contribution < -0.4 is 0 Å². The molecule has 3 rings (SSSR count). The molecule has 1 aliphatic rings. The first-order valence-corrected chi connectivity index (χ1v) is 7.72. The number of furan rings is 1. The van der Waals surface area contributed by atoms with E-state index in [0.29, 0.717) is 12.1 Å². The van der Waals surface area contributed by atoms with Crippen molar-refractivity contribution in [3.8, 4) is 0 Å². The molecule has 2 heterocycles. The van der Waals surface area contributed by atoms with E-state index in [0.717, 1.165) is 43.7 Å². The lowest BCUT2D eigenvalue weighted by Crippen LogP contribution is -2.47. The van der Waals surface area contributed by atoms with Crippen LogP contribution in [0.4, 0.5) is 0 Å². The van der Waals surface area contributed by atoms with Crippen molar-refractivity contribution in [1.82, 2.24) is 9.80 Å². The topological polar surface area (TPSA) is 36.7 Å². The van der Waals surface area contributed by atoms with Crippen molar-refractivity contribution in [2.24, 2.45) is 0 Å². The SMILES string of the molecule is CCCN1CCN(CC(=O)c2coc3ccccc23)CC1. The van der Waals surface area contributed by atoms with E-state index >= 15 is 0 Å². The van der Waals surface area contributed by atoms with Gasteiger partial charge < -0.3 is 9.32 Å². The van der Waals surface area contributed by atoms with Crippen molar-refractivity contribution < 1.29 is 9.21 Å². The molecule has 0 bridgehead atoms. The van der Waals surface area contributed by atoms with Gasteiger partial charge in [0, 0.05) is 31.6 Å². The zero-order chi connectivity index (χ0) is 14.7. The molecule has 1 aromatic carbocycles. The summed E-state index contributed by atoms with van der Waals surface area (Å²) in [5.41, 5.74) is 1.50. The zero-order valence-electron chi connectivity index (χ0n) is 12.5. The van der Waals surface area contributed by atoms with E-state index in [1.54, 1.807) is 6.26 Å². The average Bonchev–Trinajstić information content (AvgIpc) is 2.93. The molecule has 0 spiro atoms. The van der Waals surface area contributed by atoms with E-state index in [1.165, 1.54) is 6.42 Å². The number of fused-ring (bicyclic) bond motifs is 1. The molecule has 112 valence electrons. The molecule has 0 N–H and O–H groups in total. The second-order valence-corrected chi connectivity index (χ2v) is 5.69. The second kappa shape index (κ2) is 6.41. The highest BCUT2D eigenvalue weighted by molar-refractivity contribution is 6.08. The molecule has 4 nitrogen and oxygen atoms in total. The molecular weight excluding hydrogens is 264 g/mol. The normalized spacial score (nSPS) is 17.4. The molecule has 1 fully saturated rings. The van der Waals surface area contributed by atoms with Crippen LogP contribution in [0.5, 0.6) is 0 Å². The van der Waals surface area contributed by atoms with Gasteiger partial charge in [-0.1, -0.05) is 25.1 Å². The number of hydrogen-bond acceptors (Lipinski definition) is 4. The molecule has 1 aliphatic heterocycles. The quantitative estimate of drug-likeness (QED) is 0.792. The number of rotatable bonds is 5. The fourth-order valence-electron chi connectivity index (χ4n) is 2.97. The zero-order valence-corrected chi connectivity index (χ0v) is 12.5. The van der Waals surface area contributed by atoms with Crippen LogP contribution in [0, 0.1) is 0 Å². The fraction of sp³-hybridized carbons (Fsp3) is 0.471. The van der Waals surface area contributed by atoms with Gasteiger partial charge in [0.05, 0.1) is 12.1 Å². The summed E-state index contributed by atoms with van der Waals surface area (Å²) < 4.78 is 5.46. The Morgan fingerprint density at radius 3 is 2.62 bits per heavy atom. The summed E-state index contributed by atoms with van der Waals surface area (Å²) in [6.07, 6.45) is 2.79. The van der Waals surface area contributed by atoms with Crippen LogP contribution in [-0.2, 0) is 0 Å². The first kappa shape index (κ1) is 14.3.